The van der Waals surface area contributed by atoms with E-state index in [1.807, 2.05) is 4.90 Å². The summed E-state index contributed by atoms with van der Waals surface area (Å²) in [5.74, 6) is -0.726. The molecule has 2 unspecified atom stereocenters. The van der Waals surface area contributed by atoms with Gasteiger partial charge in [0.15, 0.2) is 9.84 Å². The Morgan fingerprint density at radius 3 is 2.28 bits per heavy atom. The molecule has 6 nitrogen and oxygen atoms in total. The van der Waals surface area contributed by atoms with Crippen molar-refractivity contribution in [2.75, 3.05) is 24.6 Å². The molecular weight excluding hydrogens is 258 g/mol. The summed E-state index contributed by atoms with van der Waals surface area (Å²) < 4.78 is 22.9. The summed E-state index contributed by atoms with van der Waals surface area (Å²) in [7, 11) is -3.11. The molecule has 0 aromatic heterocycles. The second-order valence-electron chi connectivity index (χ2n) is 5.29. The van der Waals surface area contributed by atoms with Crippen molar-refractivity contribution < 1.29 is 23.4 Å². The predicted molar refractivity (Wildman–Crippen MR) is 65.0 cm³/mol. The van der Waals surface area contributed by atoms with Crippen LogP contribution in [0, 0.1) is 5.92 Å². The van der Waals surface area contributed by atoms with Crippen molar-refractivity contribution in [3.63, 3.8) is 0 Å². The first-order chi connectivity index (χ1) is 8.37. The summed E-state index contributed by atoms with van der Waals surface area (Å²) in [4.78, 5) is 12.6. The molecule has 18 heavy (non-hydrogen) atoms. The molecule has 2 aliphatic heterocycles. The van der Waals surface area contributed by atoms with E-state index in [2.05, 4.69) is 0 Å². The number of carbonyl (C=O) groups is 1. The van der Waals surface area contributed by atoms with Gasteiger partial charge in [-0.15, -0.1) is 0 Å². The van der Waals surface area contributed by atoms with Crippen LogP contribution in [0.4, 0.5) is 0 Å². The first-order valence-electron chi connectivity index (χ1n) is 6.22. The fourth-order valence-electron chi connectivity index (χ4n) is 2.89. The van der Waals surface area contributed by atoms with Crippen LogP contribution >= 0.6 is 0 Å². The quantitative estimate of drug-likeness (QED) is 0.710. The normalized spacial score (nSPS) is 33.6. The number of sulfone groups is 1. The van der Waals surface area contributed by atoms with Gasteiger partial charge in [0.2, 0.25) is 0 Å². The summed E-state index contributed by atoms with van der Waals surface area (Å²) in [5, 5.41) is 18.5. The molecule has 2 N–H and O–H groups in total. The van der Waals surface area contributed by atoms with Crippen LogP contribution in [0.3, 0.4) is 0 Å². The molecule has 0 aromatic carbocycles. The van der Waals surface area contributed by atoms with E-state index < -0.39 is 21.9 Å². The molecule has 2 atom stereocenters. The average molecular weight is 277 g/mol. The SMILES string of the molecule is O=C(O)CC1CCN(C2CS(=O)(=O)CC2O)CC1. The molecule has 2 rings (SSSR count). The van der Waals surface area contributed by atoms with Crippen LogP contribution in [0.5, 0.6) is 0 Å². The third-order valence-electron chi connectivity index (χ3n) is 3.87. The Bertz CT molecular complexity index is 413. The van der Waals surface area contributed by atoms with Gasteiger partial charge in [-0.2, -0.15) is 0 Å². The van der Waals surface area contributed by atoms with E-state index in [4.69, 9.17) is 5.11 Å². The van der Waals surface area contributed by atoms with Crippen molar-refractivity contribution >= 4 is 15.8 Å². The number of rotatable bonds is 3. The number of carboxylic acids is 1. The Hall–Kier alpha value is -0.660. The fraction of sp³-hybridized carbons (Fsp3) is 0.909. The Kier molecular flexibility index (Phi) is 3.93. The largest absolute Gasteiger partial charge is 0.481 e. The number of hydrogen-bond acceptors (Lipinski definition) is 5. The minimum Gasteiger partial charge on any atom is -0.481 e. The number of likely N-dealkylation sites (tertiary alicyclic amines) is 1. The van der Waals surface area contributed by atoms with Gasteiger partial charge in [-0.1, -0.05) is 0 Å². The van der Waals surface area contributed by atoms with Gasteiger partial charge >= 0.3 is 5.97 Å². The highest BCUT2D eigenvalue weighted by Crippen LogP contribution is 2.26. The molecule has 104 valence electrons. The van der Waals surface area contributed by atoms with E-state index >= 15 is 0 Å². The lowest BCUT2D eigenvalue weighted by atomic mass is 9.92. The molecule has 0 radical (unpaired) electrons. The zero-order valence-electron chi connectivity index (χ0n) is 10.2. The monoisotopic (exact) mass is 277 g/mol. The van der Waals surface area contributed by atoms with Crippen LogP contribution in [0.1, 0.15) is 19.3 Å². The standard InChI is InChI=1S/C11H19NO5S/c13-10-7-18(16,17)6-9(10)12-3-1-8(2-4-12)5-11(14)15/h8-10,13H,1-7H2,(H,14,15). The Labute approximate surface area is 107 Å². The molecule has 2 aliphatic rings. The highest BCUT2D eigenvalue weighted by atomic mass is 32.2. The Morgan fingerprint density at radius 2 is 1.83 bits per heavy atom. The summed E-state index contributed by atoms with van der Waals surface area (Å²) >= 11 is 0. The molecule has 0 amide bonds. The lowest BCUT2D eigenvalue weighted by molar-refractivity contribution is -0.138. The second-order valence-corrected chi connectivity index (χ2v) is 7.44. The third kappa shape index (κ3) is 3.21. The van der Waals surface area contributed by atoms with Crippen molar-refractivity contribution in [3.05, 3.63) is 0 Å². The van der Waals surface area contributed by atoms with Crippen molar-refractivity contribution in [1.29, 1.82) is 0 Å². The maximum atomic E-state index is 11.4. The van der Waals surface area contributed by atoms with E-state index in [0.717, 1.165) is 12.8 Å². The van der Waals surface area contributed by atoms with Crippen molar-refractivity contribution in [1.82, 2.24) is 4.90 Å². The van der Waals surface area contributed by atoms with Crippen LogP contribution in [-0.4, -0.2) is 66.2 Å². The van der Waals surface area contributed by atoms with Gasteiger partial charge in [-0.05, 0) is 31.8 Å². The smallest absolute Gasteiger partial charge is 0.303 e. The number of aliphatic hydroxyl groups is 1. The van der Waals surface area contributed by atoms with E-state index in [1.165, 1.54) is 0 Å². The van der Waals surface area contributed by atoms with Crippen molar-refractivity contribution in [3.8, 4) is 0 Å². The van der Waals surface area contributed by atoms with Crippen molar-refractivity contribution in [2.24, 2.45) is 5.92 Å². The van der Waals surface area contributed by atoms with E-state index in [0.29, 0.717) is 13.1 Å². The molecule has 0 spiro atoms. The summed E-state index contributed by atoms with van der Waals surface area (Å²) in [6.45, 7) is 1.35. The molecule has 2 saturated heterocycles. The third-order valence-corrected chi connectivity index (χ3v) is 5.57. The minimum atomic E-state index is -3.11. The van der Waals surface area contributed by atoms with Gasteiger partial charge in [0.1, 0.15) is 0 Å². The van der Waals surface area contributed by atoms with Gasteiger partial charge < -0.3 is 10.2 Å². The summed E-state index contributed by atoms with van der Waals surface area (Å²) in [6, 6.07) is -0.305. The Balaban J connectivity index is 1.88. The predicted octanol–water partition coefficient (Wildman–Crippen LogP) is -0.669. The maximum Gasteiger partial charge on any atom is 0.303 e. The van der Waals surface area contributed by atoms with Crippen LogP contribution < -0.4 is 0 Å². The number of aliphatic carboxylic acids is 1. The highest BCUT2D eigenvalue weighted by Gasteiger charge is 2.40. The van der Waals surface area contributed by atoms with E-state index in [1.54, 1.807) is 0 Å². The highest BCUT2D eigenvalue weighted by molar-refractivity contribution is 7.91. The fourth-order valence-corrected chi connectivity index (χ4v) is 4.73. The van der Waals surface area contributed by atoms with Crippen LogP contribution in [0.2, 0.25) is 0 Å². The van der Waals surface area contributed by atoms with Gasteiger partial charge in [0.25, 0.3) is 0 Å². The van der Waals surface area contributed by atoms with E-state index in [-0.39, 0.29) is 29.9 Å². The van der Waals surface area contributed by atoms with Gasteiger partial charge in [0.05, 0.1) is 23.7 Å². The maximum absolute atomic E-state index is 11.4. The summed E-state index contributed by atoms with van der Waals surface area (Å²) in [6.07, 6.45) is 0.899. The number of carboxylic acid groups (broad SMARTS) is 1. The molecule has 7 heteroatoms. The topological polar surface area (TPSA) is 94.9 Å². The van der Waals surface area contributed by atoms with Gasteiger partial charge in [-0.25, -0.2) is 8.42 Å². The molecule has 2 fully saturated rings. The lowest BCUT2D eigenvalue weighted by Gasteiger charge is -2.36. The van der Waals surface area contributed by atoms with Crippen molar-refractivity contribution in [2.45, 2.75) is 31.4 Å². The first kappa shape index (κ1) is 13.8. The zero-order valence-corrected chi connectivity index (χ0v) is 11.0. The van der Waals surface area contributed by atoms with Crippen LogP contribution in [-0.2, 0) is 14.6 Å². The van der Waals surface area contributed by atoms with Gasteiger partial charge in [-0.3, -0.25) is 9.69 Å². The van der Waals surface area contributed by atoms with Gasteiger partial charge in [0, 0.05) is 6.42 Å². The zero-order chi connectivity index (χ0) is 13.3. The lowest BCUT2D eigenvalue weighted by Crippen LogP contribution is -2.47. The summed E-state index contributed by atoms with van der Waals surface area (Å²) in [5.41, 5.74) is 0. The van der Waals surface area contributed by atoms with Crippen LogP contribution in [0.15, 0.2) is 0 Å². The molecule has 0 saturated carbocycles. The average Bonchev–Trinajstić information content (AvgIpc) is 2.52. The first-order valence-corrected chi connectivity index (χ1v) is 8.04. The Morgan fingerprint density at radius 1 is 1.22 bits per heavy atom. The van der Waals surface area contributed by atoms with E-state index in [9.17, 15) is 18.3 Å². The number of nitrogens with zero attached hydrogens (tertiary/aromatic N) is 1. The molecule has 2 heterocycles. The number of piperidine rings is 1. The number of hydrogen-bond donors (Lipinski definition) is 2. The molecule has 0 aliphatic carbocycles. The van der Waals surface area contributed by atoms with Crippen LogP contribution in [0.25, 0.3) is 0 Å². The second kappa shape index (κ2) is 5.14. The molecular formula is C11H19NO5S. The number of aliphatic hydroxyl groups excluding tert-OH is 1. The molecule has 0 bridgehead atoms. The minimum absolute atomic E-state index is 0.0256. The molecule has 0 aromatic rings.